The molecule has 1 amide bonds. The van der Waals surface area contributed by atoms with Crippen LogP contribution in [0.2, 0.25) is 0 Å². The number of nitrogens with one attached hydrogen (secondary N) is 1. The van der Waals surface area contributed by atoms with E-state index < -0.39 is 0 Å². The Kier molecular flexibility index (Phi) is 7.25. The average Bonchev–Trinajstić information content (AvgIpc) is 2.71. The van der Waals surface area contributed by atoms with Gasteiger partial charge in [-0.1, -0.05) is 56.3 Å². The number of aromatic nitrogens is 2. The van der Waals surface area contributed by atoms with E-state index in [-0.39, 0.29) is 11.5 Å². The lowest BCUT2D eigenvalue weighted by atomic mass is 10.1. The summed E-state index contributed by atoms with van der Waals surface area (Å²) in [6.07, 6.45) is 0.318. The van der Waals surface area contributed by atoms with Crippen molar-refractivity contribution >= 4 is 17.7 Å². The van der Waals surface area contributed by atoms with Crippen molar-refractivity contribution in [2.75, 3.05) is 6.54 Å². The van der Waals surface area contributed by atoms with Gasteiger partial charge in [0, 0.05) is 28.3 Å². The predicted octanol–water partition coefficient (Wildman–Crippen LogP) is 3.77. The van der Waals surface area contributed by atoms with Gasteiger partial charge in [-0.05, 0) is 23.8 Å². The summed E-state index contributed by atoms with van der Waals surface area (Å²) in [7, 11) is 0. The minimum atomic E-state index is -0.183. The fraction of sp³-hybridized carbons (Fsp3) is 0.261. The van der Waals surface area contributed by atoms with E-state index in [0.29, 0.717) is 24.8 Å². The molecule has 1 N–H and O–H groups in total. The molecule has 0 radical (unpaired) electrons. The highest BCUT2D eigenvalue weighted by Gasteiger charge is 2.06. The van der Waals surface area contributed by atoms with E-state index in [0.717, 1.165) is 16.8 Å². The number of benzene rings is 2. The molecule has 0 aliphatic rings. The minimum absolute atomic E-state index is 0.0680. The van der Waals surface area contributed by atoms with Crippen molar-refractivity contribution in [1.82, 2.24) is 15.1 Å². The molecule has 0 fully saturated rings. The van der Waals surface area contributed by atoms with Crippen molar-refractivity contribution in [3.8, 4) is 11.3 Å². The lowest BCUT2D eigenvalue weighted by molar-refractivity contribution is -0.120. The Morgan fingerprint density at radius 3 is 2.45 bits per heavy atom. The van der Waals surface area contributed by atoms with E-state index in [1.807, 2.05) is 54.6 Å². The molecule has 0 aliphatic heterocycles. The standard InChI is InChI=1S/C23H25N3O2S/c1-17(2)29-20-10-8-18(9-11-20)16-22(27)24-14-15-26-23(28)13-12-21(25-26)19-6-4-3-5-7-19/h3-13,17H,14-16H2,1-2H3,(H,24,27). The molecular formula is C23H25N3O2S. The summed E-state index contributed by atoms with van der Waals surface area (Å²) < 4.78 is 1.39. The second-order valence-electron chi connectivity index (χ2n) is 6.98. The van der Waals surface area contributed by atoms with Gasteiger partial charge in [0.25, 0.3) is 5.56 Å². The van der Waals surface area contributed by atoms with Crippen LogP contribution in [0.25, 0.3) is 11.3 Å². The predicted molar refractivity (Wildman–Crippen MR) is 118 cm³/mol. The highest BCUT2D eigenvalue weighted by molar-refractivity contribution is 7.99. The van der Waals surface area contributed by atoms with Crippen LogP contribution in [0.5, 0.6) is 0 Å². The largest absolute Gasteiger partial charge is 0.354 e. The third-order valence-electron chi connectivity index (χ3n) is 4.24. The first-order chi connectivity index (χ1) is 14.0. The molecule has 0 bridgehead atoms. The molecule has 0 spiro atoms. The molecule has 1 heterocycles. The summed E-state index contributed by atoms with van der Waals surface area (Å²) in [6.45, 7) is 4.99. The van der Waals surface area contributed by atoms with E-state index >= 15 is 0 Å². The Balaban J connectivity index is 1.53. The Bertz CT molecular complexity index is 999. The van der Waals surface area contributed by atoms with Gasteiger partial charge in [-0.25, -0.2) is 4.68 Å². The average molecular weight is 408 g/mol. The molecule has 0 aliphatic carbocycles. The lowest BCUT2D eigenvalue weighted by Gasteiger charge is -2.09. The van der Waals surface area contributed by atoms with Gasteiger partial charge in [0.1, 0.15) is 0 Å². The Morgan fingerprint density at radius 2 is 1.76 bits per heavy atom. The number of nitrogens with zero attached hydrogens (tertiary/aromatic N) is 2. The summed E-state index contributed by atoms with van der Waals surface area (Å²) in [5.41, 5.74) is 2.47. The maximum atomic E-state index is 12.2. The minimum Gasteiger partial charge on any atom is -0.354 e. The number of rotatable bonds is 8. The van der Waals surface area contributed by atoms with Crippen LogP contribution in [0.15, 0.2) is 76.4 Å². The first-order valence-electron chi connectivity index (χ1n) is 9.67. The van der Waals surface area contributed by atoms with E-state index in [1.54, 1.807) is 17.8 Å². The van der Waals surface area contributed by atoms with Gasteiger partial charge in [0.2, 0.25) is 5.91 Å². The van der Waals surface area contributed by atoms with Crippen LogP contribution in [-0.4, -0.2) is 27.5 Å². The van der Waals surface area contributed by atoms with Crippen molar-refractivity contribution < 1.29 is 4.79 Å². The fourth-order valence-corrected chi connectivity index (χ4v) is 3.72. The van der Waals surface area contributed by atoms with E-state index in [9.17, 15) is 9.59 Å². The zero-order valence-corrected chi connectivity index (χ0v) is 17.5. The highest BCUT2D eigenvalue weighted by atomic mass is 32.2. The quantitative estimate of drug-likeness (QED) is 0.578. The van der Waals surface area contributed by atoms with Crippen LogP contribution < -0.4 is 10.9 Å². The second kappa shape index (κ2) is 10.1. The number of amides is 1. The van der Waals surface area contributed by atoms with Gasteiger partial charge in [0.05, 0.1) is 18.7 Å². The number of hydrogen-bond acceptors (Lipinski definition) is 4. The van der Waals surface area contributed by atoms with Crippen molar-refractivity contribution in [2.45, 2.75) is 37.0 Å². The number of carbonyl (C=O) groups is 1. The van der Waals surface area contributed by atoms with Crippen molar-refractivity contribution in [3.63, 3.8) is 0 Å². The summed E-state index contributed by atoms with van der Waals surface area (Å²) in [6, 6.07) is 21.0. The third kappa shape index (κ3) is 6.32. The van der Waals surface area contributed by atoms with Crippen molar-refractivity contribution in [3.05, 3.63) is 82.6 Å². The molecule has 0 atom stereocenters. The number of hydrogen-bond donors (Lipinski definition) is 1. The SMILES string of the molecule is CC(C)Sc1ccc(CC(=O)NCCn2nc(-c3ccccc3)ccc2=O)cc1. The van der Waals surface area contributed by atoms with Gasteiger partial charge < -0.3 is 5.32 Å². The topological polar surface area (TPSA) is 64.0 Å². The van der Waals surface area contributed by atoms with E-state index in [2.05, 4.69) is 24.3 Å². The number of thioether (sulfide) groups is 1. The third-order valence-corrected chi connectivity index (χ3v) is 5.26. The molecule has 0 saturated carbocycles. The maximum absolute atomic E-state index is 12.2. The summed E-state index contributed by atoms with van der Waals surface area (Å²) in [5, 5.41) is 7.81. The monoisotopic (exact) mass is 407 g/mol. The summed E-state index contributed by atoms with van der Waals surface area (Å²) in [4.78, 5) is 25.5. The molecule has 0 unspecified atom stereocenters. The second-order valence-corrected chi connectivity index (χ2v) is 8.63. The maximum Gasteiger partial charge on any atom is 0.266 e. The molecule has 3 aromatic rings. The zero-order valence-electron chi connectivity index (χ0n) is 16.7. The van der Waals surface area contributed by atoms with Crippen LogP contribution in [0.1, 0.15) is 19.4 Å². The van der Waals surface area contributed by atoms with E-state index in [1.165, 1.54) is 15.6 Å². The normalized spacial score (nSPS) is 10.9. The summed E-state index contributed by atoms with van der Waals surface area (Å²) >= 11 is 1.80. The molecule has 0 saturated heterocycles. The molecule has 5 nitrogen and oxygen atoms in total. The van der Waals surface area contributed by atoms with Gasteiger partial charge in [-0.3, -0.25) is 9.59 Å². The van der Waals surface area contributed by atoms with Crippen LogP contribution in [-0.2, 0) is 17.8 Å². The molecule has 29 heavy (non-hydrogen) atoms. The van der Waals surface area contributed by atoms with Crippen molar-refractivity contribution in [1.29, 1.82) is 0 Å². The van der Waals surface area contributed by atoms with Crippen LogP contribution in [0, 0.1) is 0 Å². The van der Waals surface area contributed by atoms with Gasteiger partial charge in [-0.2, -0.15) is 5.10 Å². The van der Waals surface area contributed by atoms with Gasteiger partial charge in [0.15, 0.2) is 0 Å². The first kappa shape index (κ1) is 20.9. The Labute approximate surface area is 175 Å². The van der Waals surface area contributed by atoms with E-state index in [4.69, 9.17) is 0 Å². The Morgan fingerprint density at radius 1 is 1.03 bits per heavy atom. The van der Waals surface area contributed by atoms with Crippen LogP contribution in [0.4, 0.5) is 0 Å². The smallest absolute Gasteiger partial charge is 0.266 e. The molecule has 150 valence electrons. The number of carbonyl (C=O) groups excluding carboxylic acids is 1. The Hall–Kier alpha value is -2.86. The van der Waals surface area contributed by atoms with Crippen LogP contribution in [0.3, 0.4) is 0 Å². The van der Waals surface area contributed by atoms with Gasteiger partial charge in [-0.15, -0.1) is 11.8 Å². The summed E-state index contributed by atoms with van der Waals surface area (Å²) in [5.74, 6) is -0.0680. The highest BCUT2D eigenvalue weighted by Crippen LogP contribution is 2.22. The first-order valence-corrected chi connectivity index (χ1v) is 10.5. The molecular weight excluding hydrogens is 382 g/mol. The lowest BCUT2D eigenvalue weighted by Crippen LogP contribution is -2.32. The molecule has 1 aromatic heterocycles. The van der Waals surface area contributed by atoms with Gasteiger partial charge >= 0.3 is 0 Å². The molecule has 6 heteroatoms. The fourth-order valence-electron chi connectivity index (χ4n) is 2.88. The van der Waals surface area contributed by atoms with Crippen LogP contribution >= 0.6 is 11.8 Å². The molecule has 3 rings (SSSR count). The zero-order chi connectivity index (χ0) is 20.6. The molecule has 2 aromatic carbocycles. The van der Waals surface area contributed by atoms with Crippen molar-refractivity contribution in [2.24, 2.45) is 0 Å².